The number of methoxy groups -OCH3 is 1. The van der Waals surface area contributed by atoms with Crippen LogP contribution in [-0.4, -0.2) is 30.4 Å². The molecule has 1 aliphatic rings. The zero-order valence-corrected chi connectivity index (χ0v) is 11.9. The topological polar surface area (TPSA) is 84.3 Å². The number of ether oxygens (including phenoxy) is 1. The molecule has 5 nitrogen and oxygen atoms in total. The highest BCUT2D eigenvalue weighted by atomic mass is 16.5. The Labute approximate surface area is 113 Å². The summed E-state index contributed by atoms with van der Waals surface area (Å²) in [5.74, 6) is -3.38. The first kappa shape index (κ1) is 15.5. The third-order valence-corrected chi connectivity index (χ3v) is 3.60. The molecule has 0 unspecified atom stereocenters. The Morgan fingerprint density at radius 3 is 2.47 bits per heavy atom. The van der Waals surface area contributed by atoms with Gasteiger partial charge in [-0.1, -0.05) is 20.8 Å². The fraction of sp³-hybridized carbons (Fsp3) is 0.714. The van der Waals surface area contributed by atoms with Crippen molar-refractivity contribution < 1.29 is 19.1 Å². The lowest BCUT2D eigenvalue weighted by molar-refractivity contribution is -0.156. The second-order valence-electron chi connectivity index (χ2n) is 5.70. The Bertz CT molecular complexity index is 425. The normalized spacial score (nSPS) is 26.1. The largest absolute Gasteiger partial charge is 0.468 e. The summed E-state index contributed by atoms with van der Waals surface area (Å²) in [6, 6.07) is 0. The van der Waals surface area contributed by atoms with E-state index in [0.717, 1.165) is 0 Å². The van der Waals surface area contributed by atoms with Crippen molar-refractivity contribution in [3.63, 3.8) is 0 Å². The van der Waals surface area contributed by atoms with Crippen LogP contribution in [0.2, 0.25) is 0 Å². The molecule has 1 saturated carbocycles. The van der Waals surface area contributed by atoms with E-state index in [1.165, 1.54) is 7.11 Å². The second kappa shape index (κ2) is 5.63. The van der Waals surface area contributed by atoms with E-state index < -0.39 is 29.0 Å². The molecular weight excluding hydrogens is 246 g/mol. The molecule has 106 valence electrons. The smallest absolute Gasteiger partial charge is 0.316 e. The summed E-state index contributed by atoms with van der Waals surface area (Å²) in [5, 5.41) is 7.94. The van der Waals surface area contributed by atoms with Crippen LogP contribution in [0.1, 0.15) is 40.0 Å². The van der Waals surface area contributed by atoms with E-state index in [2.05, 4.69) is 4.74 Å². The molecule has 1 rings (SSSR count). The van der Waals surface area contributed by atoms with Crippen LogP contribution in [0.4, 0.5) is 0 Å². The van der Waals surface area contributed by atoms with Gasteiger partial charge in [0.2, 0.25) is 0 Å². The van der Waals surface area contributed by atoms with Crippen LogP contribution in [0, 0.1) is 22.7 Å². The molecular formula is C14H21NO4. The van der Waals surface area contributed by atoms with Crippen LogP contribution in [0.15, 0.2) is 0 Å². The minimum atomic E-state index is -1.06. The highest BCUT2D eigenvalue weighted by molar-refractivity contribution is 6.25. The van der Waals surface area contributed by atoms with Gasteiger partial charge in [-0.25, -0.2) is 0 Å². The number of ketones is 2. The molecule has 1 fully saturated rings. The Balaban J connectivity index is 3.12. The van der Waals surface area contributed by atoms with Crippen molar-refractivity contribution in [1.29, 1.82) is 5.41 Å². The number of Topliss-reactive ketones (excluding diaryl/α,β-unsaturated/α-hetero) is 2. The Kier molecular flexibility index (Phi) is 4.61. The fourth-order valence-corrected chi connectivity index (χ4v) is 2.72. The van der Waals surface area contributed by atoms with Gasteiger partial charge in [-0.05, 0) is 18.3 Å². The molecule has 19 heavy (non-hydrogen) atoms. The first-order valence-electron chi connectivity index (χ1n) is 6.47. The fourth-order valence-electron chi connectivity index (χ4n) is 2.72. The van der Waals surface area contributed by atoms with Crippen LogP contribution < -0.4 is 0 Å². The monoisotopic (exact) mass is 267 g/mol. The molecule has 2 atom stereocenters. The summed E-state index contributed by atoms with van der Waals surface area (Å²) >= 11 is 0. The highest BCUT2D eigenvalue weighted by Gasteiger charge is 2.52. The van der Waals surface area contributed by atoms with Crippen molar-refractivity contribution in [1.82, 2.24) is 0 Å². The number of carbonyl (C=O) groups excluding carboxylic acids is 3. The van der Waals surface area contributed by atoms with Gasteiger partial charge in [0.05, 0.1) is 7.11 Å². The zero-order valence-electron chi connectivity index (χ0n) is 11.9. The Morgan fingerprint density at radius 2 is 2.00 bits per heavy atom. The van der Waals surface area contributed by atoms with Crippen molar-refractivity contribution >= 4 is 23.2 Å². The third kappa shape index (κ3) is 2.91. The van der Waals surface area contributed by atoms with Crippen molar-refractivity contribution in [2.75, 3.05) is 7.11 Å². The van der Waals surface area contributed by atoms with E-state index in [9.17, 15) is 14.4 Å². The van der Waals surface area contributed by atoms with Crippen molar-refractivity contribution in [3.05, 3.63) is 0 Å². The number of rotatable bonds is 4. The highest BCUT2D eigenvalue weighted by Crippen LogP contribution is 2.40. The van der Waals surface area contributed by atoms with Crippen LogP contribution in [0.25, 0.3) is 0 Å². The summed E-state index contributed by atoms with van der Waals surface area (Å²) in [4.78, 5) is 36.2. The van der Waals surface area contributed by atoms with E-state index >= 15 is 0 Å². The van der Waals surface area contributed by atoms with Crippen molar-refractivity contribution in [2.24, 2.45) is 17.3 Å². The van der Waals surface area contributed by atoms with Gasteiger partial charge < -0.3 is 10.1 Å². The van der Waals surface area contributed by atoms with E-state index in [0.29, 0.717) is 6.42 Å². The van der Waals surface area contributed by atoms with E-state index in [-0.39, 0.29) is 24.3 Å². The SMILES string of the molecule is CCCC(=O)[C@@H]1C(=N)CC(C)(C)[C@H](C(=O)OC)C1=O. The van der Waals surface area contributed by atoms with Crippen molar-refractivity contribution in [2.45, 2.75) is 40.0 Å². The lowest BCUT2D eigenvalue weighted by Gasteiger charge is -2.38. The Morgan fingerprint density at radius 1 is 1.42 bits per heavy atom. The van der Waals surface area contributed by atoms with Crippen LogP contribution in [0.5, 0.6) is 0 Å². The molecule has 0 bridgehead atoms. The lowest BCUT2D eigenvalue weighted by atomic mass is 9.62. The molecule has 0 spiro atoms. The van der Waals surface area contributed by atoms with Crippen LogP contribution in [-0.2, 0) is 19.1 Å². The van der Waals surface area contributed by atoms with Gasteiger partial charge in [0.25, 0.3) is 0 Å². The number of hydrogen-bond donors (Lipinski definition) is 1. The molecule has 1 N–H and O–H groups in total. The van der Waals surface area contributed by atoms with Crippen LogP contribution in [0.3, 0.4) is 0 Å². The maximum Gasteiger partial charge on any atom is 0.316 e. The third-order valence-electron chi connectivity index (χ3n) is 3.60. The summed E-state index contributed by atoms with van der Waals surface area (Å²) in [7, 11) is 1.23. The molecule has 5 heteroatoms. The molecule has 0 aromatic heterocycles. The van der Waals surface area contributed by atoms with Gasteiger partial charge in [0.15, 0.2) is 5.78 Å². The van der Waals surface area contributed by atoms with E-state index in [1.807, 2.05) is 6.92 Å². The number of carbonyl (C=O) groups is 3. The average Bonchev–Trinajstić information content (AvgIpc) is 2.26. The predicted octanol–water partition coefficient (Wildman–Crippen LogP) is 1.78. The summed E-state index contributed by atoms with van der Waals surface area (Å²) in [5.41, 5.74) is -0.557. The second-order valence-corrected chi connectivity index (χ2v) is 5.70. The van der Waals surface area contributed by atoms with Crippen molar-refractivity contribution in [3.8, 4) is 0 Å². The standard InChI is InChI=1S/C14H21NO4/c1-5-6-9(16)10-8(15)7-14(2,3)11(12(10)17)13(18)19-4/h10-11,15H,5-7H2,1-4H3/t10-,11-/m0/s1. The quantitative estimate of drug-likeness (QED) is 0.621. The summed E-state index contributed by atoms with van der Waals surface area (Å²) in [6.45, 7) is 5.35. The zero-order chi connectivity index (χ0) is 14.8. The van der Waals surface area contributed by atoms with E-state index in [1.54, 1.807) is 13.8 Å². The minimum Gasteiger partial charge on any atom is -0.468 e. The van der Waals surface area contributed by atoms with Crippen LogP contribution >= 0.6 is 0 Å². The molecule has 0 saturated heterocycles. The number of esters is 1. The molecule has 0 aromatic rings. The van der Waals surface area contributed by atoms with Gasteiger partial charge >= 0.3 is 5.97 Å². The molecule has 1 aliphatic carbocycles. The summed E-state index contributed by atoms with van der Waals surface area (Å²) < 4.78 is 4.68. The predicted molar refractivity (Wildman–Crippen MR) is 70.0 cm³/mol. The van der Waals surface area contributed by atoms with Gasteiger partial charge in [0, 0.05) is 12.1 Å². The van der Waals surface area contributed by atoms with Gasteiger partial charge in [-0.2, -0.15) is 0 Å². The molecule has 0 amide bonds. The first-order valence-corrected chi connectivity index (χ1v) is 6.47. The van der Waals surface area contributed by atoms with E-state index in [4.69, 9.17) is 5.41 Å². The molecule has 0 radical (unpaired) electrons. The number of hydrogen-bond acceptors (Lipinski definition) is 5. The van der Waals surface area contributed by atoms with Gasteiger partial charge in [-0.15, -0.1) is 0 Å². The first-order chi connectivity index (χ1) is 8.76. The molecule has 0 aliphatic heterocycles. The van der Waals surface area contributed by atoms with Gasteiger partial charge in [-0.3, -0.25) is 14.4 Å². The number of nitrogens with one attached hydrogen (secondary N) is 1. The maximum atomic E-state index is 12.4. The van der Waals surface area contributed by atoms with Gasteiger partial charge in [0.1, 0.15) is 17.6 Å². The maximum absolute atomic E-state index is 12.4. The summed E-state index contributed by atoms with van der Waals surface area (Å²) in [6.07, 6.45) is 1.15. The Hall–Kier alpha value is -1.52. The average molecular weight is 267 g/mol. The lowest BCUT2D eigenvalue weighted by Crippen LogP contribution is -2.51. The molecule has 0 aromatic carbocycles. The minimum absolute atomic E-state index is 0.119. The molecule has 0 heterocycles.